The Morgan fingerprint density at radius 2 is 1.85 bits per heavy atom. The third-order valence-electron chi connectivity index (χ3n) is 4.00. The van der Waals surface area contributed by atoms with E-state index in [2.05, 4.69) is 0 Å². The van der Waals surface area contributed by atoms with Gasteiger partial charge in [0.15, 0.2) is 0 Å². The van der Waals surface area contributed by atoms with E-state index in [1.54, 1.807) is 16.4 Å². The highest BCUT2D eigenvalue weighted by molar-refractivity contribution is 7.89. The highest BCUT2D eigenvalue weighted by atomic mass is 32.2. The largest absolute Gasteiger partial charge is 0.328 e. The topological polar surface area (TPSA) is 63.4 Å². The maximum absolute atomic E-state index is 12.7. The van der Waals surface area contributed by atoms with Crippen LogP contribution in [-0.4, -0.2) is 31.9 Å². The second-order valence-corrected chi connectivity index (χ2v) is 7.89. The van der Waals surface area contributed by atoms with Crippen LogP contribution >= 0.6 is 0 Å². The van der Waals surface area contributed by atoms with E-state index in [9.17, 15) is 8.42 Å². The fraction of sp³-hybridized carbons (Fsp3) is 0.600. The zero-order valence-electron chi connectivity index (χ0n) is 12.5. The number of hydrogen-bond donors (Lipinski definition) is 1. The van der Waals surface area contributed by atoms with Crippen LogP contribution in [0.25, 0.3) is 0 Å². The molecule has 0 spiro atoms. The lowest BCUT2D eigenvalue weighted by atomic mass is 9.93. The van der Waals surface area contributed by atoms with E-state index in [1.165, 1.54) is 0 Å². The van der Waals surface area contributed by atoms with E-state index in [-0.39, 0.29) is 12.0 Å². The number of nitrogens with two attached hydrogens (primary N) is 1. The van der Waals surface area contributed by atoms with Gasteiger partial charge in [-0.1, -0.05) is 6.07 Å². The first-order valence-corrected chi connectivity index (χ1v) is 8.59. The number of aryl methyl sites for hydroxylation is 2. The van der Waals surface area contributed by atoms with Gasteiger partial charge in [-0.05, 0) is 62.8 Å². The minimum absolute atomic E-state index is 0.0345. The fourth-order valence-corrected chi connectivity index (χ4v) is 4.58. The molecule has 0 amide bonds. The summed E-state index contributed by atoms with van der Waals surface area (Å²) in [5, 5.41) is 0. The molecule has 2 atom stereocenters. The summed E-state index contributed by atoms with van der Waals surface area (Å²) in [6.07, 6.45) is 1.90. The van der Waals surface area contributed by atoms with E-state index in [0.29, 0.717) is 18.0 Å². The molecule has 0 aliphatic carbocycles. The Bertz CT molecular complexity index is 561. The molecule has 1 aliphatic heterocycles. The Kier molecular flexibility index (Phi) is 4.52. The van der Waals surface area contributed by atoms with E-state index in [1.807, 2.05) is 26.8 Å². The predicted molar refractivity (Wildman–Crippen MR) is 81.0 cm³/mol. The number of piperidine rings is 1. The Balaban J connectivity index is 2.30. The molecule has 0 bridgehead atoms. The number of nitrogens with zero attached hydrogens (tertiary/aromatic N) is 1. The Morgan fingerprint density at radius 1 is 1.25 bits per heavy atom. The number of sulfonamides is 1. The molecule has 5 heteroatoms. The molecular formula is C15H24N2O2S. The summed E-state index contributed by atoms with van der Waals surface area (Å²) < 4.78 is 27.1. The maximum atomic E-state index is 12.7. The SMILES string of the molecule is Cc1cc(C)cc(S(=O)(=O)N2CCCC(C(C)N)C2)c1. The van der Waals surface area contributed by atoms with Crippen LogP contribution in [0.3, 0.4) is 0 Å². The lowest BCUT2D eigenvalue weighted by Crippen LogP contribution is -2.44. The van der Waals surface area contributed by atoms with Crippen molar-refractivity contribution >= 4 is 10.0 Å². The molecule has 1 aromatic rings. The molecule has 0 saturated carbocycles. The Hall–Kier alpha value is -0.910. The van der Waals surface area contributed by atoms with Crippen molar-refractivity contribution in [1.82, 2.24) is 4.31 Å². The summed E-state index contributed by atoms with van der Waals surface area (Å²) in [5.74, 6) is 0.254. The maximum Gasteiger partial charge on any atom is 0.243 e. The van der Waals surface area contributed by atoms with Crippen LogP contribution < -0.4 is 5.73 Å². The first-order chi connectivity index (χ1) is 9.30. The molecule has 1 saturated heterocycles. The van der Waals surface area contributed by atoms with E-state index >= 15 is 0 Å². The Morgan fingerprint density at radius 3 is 2.40 bits per heavy atom. The summed E-state index contributed by atoms with van der Waals surface area (Å²) in [7, 11) is -3.40. The van der Waals surface area contributed by atoms with Crippen LogP contribution in [-0.2, 0) is 10.0 Å². The molecule has 2 N–H and O–H groups in total. The quantitative estimate of drug-likeness (QED) is 0.928. The van der Waals surface area contributed by atoms with Gasteiger partial charge >= 0.3 is 0 Å². The van der Waals surface area contributed by atoms with Crippen LogP contribution in [0.15, 0.2) is 23.1 Å². The summed E-state index contributed by atoms with van der Waals surface area (Å²) >= 11 is 0. The highest BCUT2D eigenvalue weighted by Crippen LogP contribution is 2.26. The average Bonchev–Trinajstić information content (AvgIpc) is 2.37. The minimum Gasteiger partial charge on any atom is -0.328 e. The number of rotatable bonds is 3. The van der Waals surface area contributed by atoms with Crippen molar-refractivity contribution < 1.29 is 8.42 Å². The summed E-state index contributed by atoms with van der Waals surface area (Å²) in [5.41, 5.74) is 7.89. The molecular weight excluding hydrogens is 272 g/mol. The van der Waals surface area contributed by atoms with Crippen LogP contribution in [0.1, 0.15) is 30.9 Å². The summed E-state index contributed by atoms with van der Waals surface area (Å²) in [4.78, 5) is 0.403. The van der Waals surface area contributed by atoms with Crippen LogP contribution in [0, 0.1) is 19.8 Å². The monoisotopic (exact) mass is 296 g/mol. The lowest BCUT2D eigenvalue weighted by Gasteiger charge is -2.33. The Labute approximate surface area is 122 Å². The van der Waals surface area contributed by atoms with Crippen LogP contribution in [0.2, 0.25) is 0 Å². The number of benzene rings is 1. The fourth-order valence-electron chi connectivity index (χ4n) is 2.85. The zero-order chi connectivity index (χ0) is 14.9. The van der Waals surface area contributed by atoms with E-state index in [0.717, 1.165) is 24.0 Å². The van der Waals surface area contributed by atoms with Gasteiger partial charge < -0.3 is 5.73 Å². The number of hydrogen-bond acceptors (Lipinski definition) is 3. The first-order valence-electron chi connectivity index (χ1n) is 7.15. The molecule has 20 heavy (non-hydrogen) atoms. The molecule has 0 aromatic heterocycles. The van der Waals surface area contributed by atoms with Gasteiger partial charge in [0.25, 0.3) is 0 Å². The summed E-state index contributed by atoms with van der Waals surface area (Å²) in [6, 6.07) is 5.52. The van der Waals surface area contributed by atoms with Gasteiger partial charge in [-0.3, -0.25) is 0 Å². The summed E-state index contributed by atoms with van der Waals surface area (Å²) in [6.45, 7) is 6.93. The molecule has 2 unspecified atom stereocenters. The van der Waals surface area contributed by atoms with Gasteiger partial charge in [0.1, 0.15) is 0 Å². The second-order valence-electron chi connectivity index (χ2n) is 5.95. The third-order valence-corrected chi connectivity index (χ3v) is 5.84. The van der Waals surface area contributed by atoms with Crippen molar-refractivity contribution in [2.75, 3.05) is 13.1 Å². The van der Waals surface area contributed by atoms with E-state index in [4.69, 9.17) is 5.73 Å². The zero-order valence-corrected chi connectivity index (χ0v) is 13.3. The van der Waals surface area contributed by atoms with Gasteiger partial charge in [-0.2, -0.15) is 4.31 Å². The van der Waals surface area contributed by atoms with Crippen LogP contribution in [0.5, 0.6) is 0 Å². The van der Waals surface area contributed by atoms with Crippen molar-refractivity contribution in [2.45, 2.75) is 44.6 Å². The standard InChI is InChI=1S/C15H24N2O2S/c1-11-7-12(2)9-15(8-11)20(18,19)17-6-4-5-14(10-17)13(3)16/h7-9,13-14H,4-6,10,16H2,1-3H3. The minimum atomic E-state index is -3.40. The highest BCUT2D eigenvalue weighted by Gasteiger charge is 2.31. The second kappa shape index (κ2) is 5.84. The van der Waals surface area contributed by atoms with Crippen molar-refractivity contribution in [1.29, 1.82) is 0 Å². The predicted octanol–water partition coefficient (Wildman–Crippen LogP) is 2.05. The molecule has 112 valence electrons. The van der Waals surface area contributed by atoms with Crippen molar-refractivity contribution in [2.24, 2.45) is 11.7 Å². The van der Waals surface area contributed by atoms with E-state index < -0.39 is 10.0 Å². The molecule has 1 fully saturated rings. The molecule has 1 aliphatic rings. The lowest BCUT2D eigenvalue weighted by molar-refractivity contribution is 0.243. The molecule has 0 radical (unpaired) electrons. The third kappa shape index (κ3) is 3.22. The average molecular weight is 296 g/mol. The molecule has 1 heterocycles. The van der Waals surface area contributed by atoms with Gasteiger partial charge in [-0.15, -0.1) is 0 Å². The first kappa shape index (κ1) is 15.5. The van der Waals surface area contributed by atoms with Crippen molar-refractivity contribution in [3.05, 3.63) is 29.3 Å². The van der Waals surface area contributed by atoms with Crippen molar-refractivity contribution in [3.8, 4) is 0 Å². The molecule has 4 nitrogen and oxygen atoms in total. The normalized spacial score (nSPS) is 22.7. The molecule has 1 aromatic carbocycles. The van der Waals surface area contributed by atoms with Gasteiger partial charge in [0.05, 0.1) is 4.90 Å². The van der Waals surface area contributed by atoms with Crippen molar-refractivity contribution in [3.63, 3.8) is 0 Å². The van der Waals surface area contributed by atoms with Gasteiger partial charge in [0.2, 0.25) is 10.0 Å². The van der Waals surface area contributed by atoms with Gasteiger partial charge in [0, 0.05) is 19.1 Å². The van der Waals surface area contributed by atoms with Crippen LogP contribution in [0.4, 0.5) is 0 Å². The van der Waals surface area contributed by atoms with Gasteiger partial charge in [-0.25, -0.2) is 8.42 Å². The molecule has 2 rings (SSSR count). The smallest absolute Gasteiger partial charge is 0.243 e.